The molecule has 1 saturated heterocycles. The van der Waals surface area contributed by atoms with Crippen molar-refractivity contribution in [3.8, 4) is 0 Å². The zero-order chi connectivity index (χ0) is 21.9. The molecular formula is C18H17ClFN3O5S2. The van der Waals surface area contributed by atoms with Gasteiger partial charge in [0, 0.05) is 43.2 Å². The number of non-ortho nitro benzene ring substituents is 1. The topological polar surface area (TPSA) is 101 Å². The van der Waals surface area contributed by atoms with Crippen molar-refractivity contribution >= 4 is 45.0 Å². The number of carbonyl (C=O) groups excluding carboxylic acids is 1. The molecule has 1 fully saturated rings. The van der Waals surface area contributed by atoms with Crippen molar-refractivity contribution in [2.45, 2.75) is 9.79 Å². The van der Waals surface area contributed by atoms with E-state index in [9.17, 15) is 27.7 Å². The molecule has 0 radical (unpaired) electrons. The molecule has 30 heavy (non-hydrogen) atoms. The maximum atomic E-state index is 13.3. The van der Waals surface area contributed by atoms with E-state index in [0.717, 1.165) is 23.1 Å². The lowest BCUT2D eigenvalue weighted by atomic mass is 10.3. The summed E-state index contributed by atoms with van der Waals surface area (Å²) in [5.74, 6) is -0.713. The number of carbonyl (C=O) groups is 1. The Hall–Kier alpha value is -2.21. The maximum absolute atomic E-state index is 13.3. The number of piperazine rings is 1. The highest BCUT2D eigenvalue weighted by molar-refractivity contribution is 8.00. The van der Waals surface area contributed by atoms with Gasteiger partial charge < -0.3 is 4.90 Å². The van der Waals surface area contributed by atoms with Crippen LogP contribution < -0.4 is 0 Å². The van der Waals surface area contributed by atoms with E-state index in [-0.39, 0.29) is 53.4 Å². The number of halogens is 2. The van der Waals surface area contributed by atoms with E-state index >= 15 is 0 Å². The molecule has 2 aromatic rings. The van der Waals surface area contributed by atoms with Crippen molar-refractivity contribution in [3.63, 3.8) is 0 Å². The molecule has 0 aliphatic carbocycles. The first-order valence-electron chi connectivity index (χ1n) is 8.79. The first-order chi connectivity index (χ1) is 14.2. The highest BCUT2D eigenvalue weighted by Gasteiger charge is 2.30. The van der Waals surface area contributed by atoms with Crippen molar-refractivity contribution in [1.82, 2.24) is 9.21 Å². The Balaban J connectivity index is 1.54. The molecule has 1 heterocycles. The third kappa shape index (κ3) is 5.09. The highest BCUT2D eigenvalue weighted by atomic mass is 35.5. The van der Waals surface area contributed by atoms with Gasteiger partial charge in [0.1, 0.15) is 5.82 Å². The number of rotatable bonds is 6. The van der Waals surface area contributed by atoms with E-state index in [4.69, 9.17) is 11.6 Å². The van der Waals surface area contributed by atoms with Crippen molar-refractivity contribution in [2.24, 2.45) is 0 Å². The van der Waals surface area contributed by atoms with Crippen LogP contribution in [0.25, 0.3) is 0 Å². The van der Waals surface area contributed by atoms with E-state index in [2.05, 4.69) is 0 Å². The van der Waals surface area contributed by atoms with E-state index in [0.29, 0.717) is 0 Å². The summed E-state index contributed by atoms with van der Waals surface area (Å²) in [6, 6.07) is 9.14. The van der Waals surface area contributed by atoms with Crippen LogP contribution in [0.2, 0.25) is 5.02 Å². The van der Waals surface area contributed by atoms with E-state index in [1.54, 1.807) is 17.0 Å². The predicted octanol–water partition coefficient (Wildman–Crippen LogP) is 3.01. The van der Waals surface area contributed by atoms with Gasteiger partial charge in [-0.2, -0.15) is 4.31 Å². The Morgan fingerprint density at radius 2 is 1.77 bits per heavy atom. The molecule has 0 aromatic heterocycles. The van der Waals surface area contributed by atoms with Gasteiger partial charge in [-0.1, -0.05) is 11.6 Å². The number of nitro groups is 1. The molecule has 0 atom stereocenters. The van der Waals surface area contributed by atoms with Crippen LogP contribution in [0.1, 0.15) is 0 Å². The van der Waals surface area contributed by atoms with Gasteiger partial charge in [0.05, 0.1) is 20.6 Å². The minimum Gasteiger partial charge on any atom is -0.339 e. The monoisotopic (exact) mass is 473 g/mol. The van der Waals surface area contributed by atoms with Gasteiger partial charge in [0.2, 0.25) is 15.9 Å². The summed E-state index contributed by atoms with van der Waals surface area (Å²) < 4.78 is 39.9. The zero-order valence-corrected chi connectivity index (χ0v) is 17.9. The fraction of sp³-hybridized carbons (Fsp3) is 0.278. The number of benzene rings is 2. The number of sulfonamides is 1. The Morgan fingerprint density at radius 3 is 2.33 bits per heavy atom. The lowest BCUT2D eigenvalue weighted by molar-refractivity contribution is -0.384. The second-order valence-electron chi connectivity index (χ2n) is 6.40. The molecule has 0 bridgehead atoms. The van der Waals surface area contributed by atoms with Crippen molar-refractivity contribution in [2.75, 3.05) is 31.9 Å². The number of hydrogen-bond acceptors (Lipinski definition) is 6. The summed E-state index contributed by atoms with van der Waals surface area (Å²) in [5.41, 5.74) is -0.0227. The van der Waals surface area contributed by atoms with Gasteiger partial charge >= 0.3 is 0 Å². The molecular weight excluding hydrogens is 457 g/mol. The summed E-state index contributed by atoms with van der Waals surface area (Å²) in [4.78, 5) is 24.8. The molecule has 1 aliphatic rings. The minimum atomic E-state index is -3.83. The van der Waals surface area contributed by atoms with Crippen molar-refractivity contribution in [3.05, 3.63) is 63.4 Å². The Bertz CT molecular complexity index is 1060. The van der Waals surface area contributed by atoms with Crippen LogP contribution in [0.5, 0.6) is 0 Å². The predicted molar refractivity (Wildman–Crippen MR) is 111 cm³/mol. The van der Waals surface area contributed by atoms with Gasteiger partial charge in [-0.3, -0.25) is 14.9 Å². The number of nitro benzene ring substituents is 1. The van der Waals surface area contributed by atoms with E-state index in [1.807, 2.05) is 0 Å². The fourth-order valence-corrected chi connectivity index (χ4v) is 5.36. The van der Waals surface area contributed by atoms with Gasteiger partial charge in [0.25, 0.3) is 5.69 Å². The van der Waals surface area contributed by atoms with Crippen LogP contribution in [0, 0.1) is 15.9 Å². The molecule has 160 valence electrons. The molecule has 0 saturated carbocycles. The first-order valence-corrected chi connectivity index (χ1v) is 11.6. The first kappa shape index (κ1) is 22.5. The molecule has 3 rings (SSSR count). The summed E-state index contributed by atoms with van der Waals surface area (Å²) in [6.45, 7) is 0.693. The standard InChI is InChI=1S/C18H17ClFN3O5S2/c19-16-11-15(5-6-17(16)20)30(27,28)22-9-7-21(8-10-22)18(24)12-29-14-3-1-13(2-4-14)23(25)26/h1-6,11H,7-10,12H2. The van der Waals surface area contributed by atoms with Gasteiger partial charge in [-0.25, -0.2) is 12.8 Å². The third-order valence-electron chi connectivity index (χ3n) is 4.53. The average Bonchev–Trinajstić information content (AvgIpc) is 2.74. The fourth-order valence-electron chi connectivity index (χ4n) is 2.86. The summed E-state index contributed by atoms with van der Waals surface area (Å²) in [6.07, 6.45) is 0. The smallest absolute Gasteiger partial charge is 0.269 e. The van der Waals surface area contributed by atoms with Crippen molar-refractivity contribution < 1.29 is 22.5 Å². The molecule has 8 nitrogen and oxygen atoms in total. The lowest BCUT2D eigenvalue weighted by Crippen LogP contribution is -2.50. The third-order valence-corrected chi connectivity index (χ3v) is 7.71. The molecule has 2 aromatic carbocycles. The van der Waals surface area contributed by atoms with E-state index in [1.165, 1.54) is 28.2 Å². The normalized spacial score (nSPS) is 15.2. The quantitative estimate of drug-likeness (QED) is 0.363. The number of thioether (sulfide) groups is 1. The second kappa shape index (κ2) is 9.29. The minimum absolute atomic E-state index is 0.0227. The number of nitrogens with zero attached hydrogens (tertiary/aromatic N) is 3. The Morgan fingerprint density at radius 1 is 1.13 bits per heavy atom. The molecule has 0 spiro atoms. The summed E-state index contributed by atoms with van der Waals surface area (Å²) in [5, 5.41) is 10.4. The SMILES string of the molecule is O=C(CSc1ccc([N+](=O)[O-])cc1)N1CCN(S(=O)(=O)c2ccc(F)c(Cl)c2)CC1. The Kier molecular flexibility index (Phi) is 6.96. The largest absolute Gasteiger partial charge is 0.339 e. The van der Waals surface area contributed by atoms with Gasteiger partial charge in [0.15, 0.2) is 0 Å². The average molecular weight is 474 g/mol. The van der Waals surface area contributed by atoms with Crippen LogP contribution in [-0.2, 0) is 14.8 Å². The van der Waals surface area contributed by atoms with E-state index < -0.39 is 20.8 Å². The van der Waals surface area contributed by atoms with Crippen LogP contribution in [0.15, 0.2) is 52.3 Å². The molecule has 1 aliphatic heterocycles. The van der Waals surface area contributed by atoms with Crippen LogP contribution in [0.4, 0.5) is 10.1 Å². The number of hydrogen-bond donors (Lipinski definition) is 0. The summed E-state index contributed by atoms with van der Waals surface area (Å²) in [7, 11) is -3.83. The number of amides is 1. The molecule has 12 heteroatoms. The molecule has 0 unspecified atom stereocenters. The maximum Gasteiger partial charge on any atom is 0.269 e. The summed E-state index contributed by atoms with van der Waals surface area (Å²) >= 11 is 6.94. The van der Waals surface area contributed by atoms with Crippen LogP contribution in [-0.4, -0.2) is 60.4 Å². The highest BCUT2D eigenvalue weighted by Crippen LogP contribution is 2.24. The van der Waals surface area contributed by atoms with Crippen LogP contribution in [0.3, 0.4) is 0 Å². The molecule has 0 N–H and O–H groups in total. The van der Waals surface area contributed by atoms with Crippen LogP contribution >= 0.6 is 23.4 Å². The molecule has 1 amide bonds. The second-order valence-corrected chi connectivity index (χ2v) is 9.79. The van der Waals surface area contributed by atoms with Crippen molar-refractivity contribution in [1.29, 1.82) is 0 Å². The van der Waals surface area contributed by atoms with Gasteiger partial charge in [-0.15, -0.1) is 11.8 Å². The lowest BCUT2D eigenvalue weighted by Gasteiger charge is -2.34. The Labute approximate surface area is 181 Å². The zero-order valence-electron chi connectivity index (χ0n) is 15.5. The van der Waals surface area contributed by atoms with Gasteiger partial charge in [-0.05, 0) is 30.3 Å².